The average molecular weight is 677 g/mol. The topological polar surface area (TPSA) is 91.4 Å². The zero-order chi connectivity index (χ0) is 35.2. The summed E-state index contributed by atoms with van der Waals surface area (Å²) in [4.78, 5) is 18.5. The van der Waals surface area contributed by atoms with Crippen LogP contribution in [0.4, 0.5) is 0 Å². The van der Waals surface area contributed by atoms with Gasteiger partial charge in [-0.3, -0.25) is 4.79 Å². The molecule has 0 spiro atoms. The molecular formula is C44H44N4O3. The van der Waals surface area contributed by atoms with Crippen LogP contribution in [0.5, 0.6) is 0 Å². The van der Waals surface area contributed by atoms with Crippen molar-refractivity contribution in [2.24, 2.45) is 5.73 Å². The molecule has 0 atom stereocenters. The summed E-state index contributed by atoms with van der Waals surface area (Å²) in [7, 11) is 0. The second kappa shape index (κ2) is 15.7. The van der Waals surface area contributed by atoms with Gasteiger partial charge < -0.3 is 25.1 Å². The van der Waals surface area contributed by atoms with Gasteiger partial charge in [0.2, 0.25) is 0 Å². The molecule has 7 nitrogen and oxygen atoms in total. The maximum atomic E-state index is 13.0. The molecule has 258 valence electrons. The number of aryl methyl sites for hydroxylation is 2. The molecule has 0 bridgehead atoms. The molecule has 7 heteroatoms. The summed E-state index contributed by atoms with van der Waals surface area (Å²) >= 11 is 0. The third-order valence-corrected chi connectivity index (χ3v) is 9.55. The van der Waals surface area contributed by atoms with Crippen molar-refractivity contribution in [3.8, 4) is 45.0 Å². The van der Waals surface area contributed by atoms with E-state index < -0.39 is 0 Å². The minimum Gasteiger partial charge on any atom is -0.378 e. The van der Waals surface area contributed by atoms with E-state index in [1.54, 1.807) is 0 Å². The number of fused-ring (bicyclic) bond motifs is 3. The summed E-state index contributed by atoms with van der Waals surface area (Å²) in [6.07, 6.45) is 0.945. The summed E-state index contributed by atoms with van der Waals surface area (Å²) in [5, 5.41) is 2.95. The number of ether oxygens (including phenoxy) is 2. The monoisotopic (exact) mass is 676 g/mol. The third kappa shape index (κ3) is 7.42. The van der Waals surface area contributed by atoms with Crippen molar-refractivity contribution in [3.05, 3.63) is 149 Å². The highest BCUT2D eigenvalue weighted by atomic mass is 16.5. The van der Waals surface area contributed by atoms with E-state index in [1.807, 2.05) is 24.3 Å². The maximum Gasteiger partial charge on any atom is 0.251 e. The first-order valence-corrected chi connectivity index (χ1v) is 17.7. The largest absolute Gasteiger partial charge is 0.378 e. The molecule has 6 aromatic rings. The van der Waals surface area contributed by atoms with Gasteiger partial charge in [0.05, 0.1) is 37.8 Å². The number of rotatable bonds is 14. The number of nitrogens with zero attached hydrogens (tertiary/aromatic N) is 2. The van der Waals surface area contributed by atoms with Crippen LogP contribution in [0.25, 0.3) is 45.0 Å². The summed E-state index contributed by atoms with van der Waals surface area (Å²) in [6.45, 7) is 7.69. The van der Waals surface area contributed by atoms with Gasteiger partial charge in [0, 0.05) is 41.9 Å². The minimum absolute atomic E-state index is 0.131. The molecule has 1 amide bonds. The number of hydrogen-bond acceptors (Lipinski definition) is 5. The number of imidazole rings is 1. The number of amides is 1. The van der Waals surface area contributed by atoms with Crippen LogP contribution in [-0.2, 0) is 22.4 Å². The number of hydrogen-bond donors (Lipinski definition) is 2. The van der Waals surface area contributed by atoms with Gasteiger partial charge in [-0.1, -0.05) is 97.1 Å². The van der Waals surface area contributed by atoms with Crippen molar-refractivity contribution in [2.45, 2.75) is 26.8 Å². The van der Waals surface area contributed by atoms with Crippen molar-refractivity contribution < 1.29 is 14.3 Å². The minimum atomic E-state index is -0.131. The van der Waals surface area contributed by atoms with Gasteiger partial charge in [-0.05, 0) is 77.4 Å². The van der Waals surface area contributed by atoms with Crippen molar-refractivity contribution in [1.82, 2.24) is 14.9 Å². The van der Waals surface area contributed by atoms with Gasteiger partial charge in [-0.15, -0.1) is 0 Å². The number of carbonyl (C=O) groups is 1. The van der Waals surface area contributed by atoms with Crippen LogP contribution >= 0.6 is 0 Å². The van der Waals surface area contributed by atoms with Gasteiger partial charge in [0.15, 0.2) is 0 Å². The Bertz CT molecular complexity index is 2150. The fraction of sp³-hybridized carbons (Fsp3) is 0.227. The smallest absolute Gasteiger partial charge is 0.251 e. The predicted octanol–water partition coefficient (Wildman–Crippen LogP) is 7.84. The Morgan fingerprint density at radius 1 is 0.725 bits per heavy atom. The predicted molar refractivity (Wildman–Crippen MR) is 205 cm³/mol. The molecule has 3 N–H and O–H groups in total. The summed E-state index contributed by atoms with van der Waals surface area (Å²) in [5.41, 5.74) is 20.1. The van der Waals surface area contributed by atoms with E-state index in [0.29, 0.717) is 51.6 Å². The lowest BCUT2D eigenvalue weighted by Crippen LogP contribution is -2.27. The molecule has 0 saturated heterocycles. The van der Waals surface area contributed by atoms with Gasteiger partial charge in [-0.2, -0.15) is 0 Å². The number of nitrogens with two attached hydrogens (primary N) is 1. The SMILES string of the molecule is Cc1ccccc1-c1nc(-c2ccc3c(c2)-c2ccccc2C3)n(Cc2ccc(C(=O)NCCOCCOCCN)cc2)c1-c1ccccc1C. The van der Waals surface area contributed by atoms with Crippen LogP contribution in [0, 0.1) is 13.8 Å². The third-order valence-electron chi connectivity index (χ3n) is 9.55. The second-order valence-electron chi connectivity index (χ2n) is 13.0. The summed E-state index contributed by atoms with van der Waals surface area (Å²) < 4.78 is 13.2. The van der Waals surface area contributed by atoms with Gasteiger partial charge >= 0.3 is 0 Å². The fourth-order valence-corrected chi connectivity index (χ4v) is 6.92. The van der Waals surface area contributed by atoms with E-state index in [1.165, 1.54) is 33.4 Å². The van der Waals surface area contributed by atoms with Crippen LogP contribution in [0.2, 0.25) is 0 Å². The molecule has 0 aliphatic heterocycles. The number of carbonyl (C=O) groups excluding carboxylic acids is 1. The molecule has 1 aliphatic carbocycles. The van der Waals surface area contributed by atoms with Gasteiger partial charge in [0.1, 0.15) is 5.82 Å². The first kappa shape index (κ1) is 34.1. The van der Waals surface area contributed by atoms with E-state index in [4.69, 9.17) is 20.2 Å². The van der Waals surface area contributed by atoms with Crippen LogP contribution < -0.4 is 11.1 Å². The molecule has 0 radical (unpaired) electrons. The Morgan fingerprint density at radius 3 is 2.10 bits per heavy atom. The van der Waals surface area contributed by atoms with Crippen LogP contribution in [-0.4, -0.2) is 55.0 Å². The Hall–Kier alpha value is -5.34. The Balaban J connectivity index is 1.24. The van der Waals surface area contributed by atoms with Crippen molar-refractivity contribution in [1.29, 1.82) is 0 Å². The van der Waals surface area contributed by atoms with Crippen LogP contribution in [0.3, 0.4) is 0 Å². The first-order chi connectivity index (χ1) is 25.0. The normalized spacial score (nSPS) is 11.7. The van der Waals surface area contributed by atoms with E-state index in [-0.39, 0.29) is 5.91 Å². The van der Waals surface area contributed by atoms with Gasteiger partial charge in [-0.25, -0.2) is 4.98 Å². The molecule has 0 unspecified atom stereocenters. The maximum absolute atomic E-state index is 13.0. The van der Waals surface area contributed by atoms with E-state index in [9.17, 15) is 4.79 Å². The number of benzene rings is 5. The zero-order valence-electron chi connectivity index (χ0n) is 29.3. The quantitative estimate of drug-likeness (QED) is 0.115. The Labute approximate surface area is 300 Å². The highest BCUT2D eigenvalue weighted by molar-refractivity contribution is 5.94. The highest BCUT2D eigenvalue weighted by Crippen LogP contribution is 2.42. The van der Waals surface area contributed by atoms with E-state index in [0.717, 1.165) is 45.9 Å². The first-order valence-electron chi connectivity index (χ1n) is 17.7. The number of nitrogens with one attached hydrogen (secondary N) is 1. The molecule has 5 aromatic carbocycles. The molecule has 1 aliphatic rings. The lowest BCUT2D eigenvalue weighted by atomic mass is 9.98. The molecule has 51 heavy (non-hydrogen) atoms. The van der Waals surface area contributed by atoms with Gasteiger partial charge in [0.25, 0.3) is 5.91 Å². The lowest BCUT2D eigenvalue weighted by Gasteiger charge is -2.16. The molecule has 1 aromatic heterocycles. The molecule has 1 heterocycles. The van der Waals surface area contributed by atoms with Crippen LogP contribution in [0.15, 0.2) is 115 Å². The summed E-state index contributed by atoms with van der Waals surface area (Å²) in [6, 6.07) is 40.4. The molecular weight excluding hydrogens is 633 g/mol. The zero-order valence-corrected chi connectivity index (χ0v) is 29.3. The highest BCUT2D eigenvalue weighted by Gasteiger charge is 2.25. The second-order valence-corrected chi connectivity index (χ2v) is 13.0. The van der Waals surface area contributed by atoms with Crippen molar-refractivity contribution >= 4 is 5.91 Å². The van der Waals surface area contributed by atoms with Crippen LogP contribution in [0.1, 0.15) is 38.2 Å². The van der Waals surface area contributed by atoms with E-state index in [2.05, 4.69) is 115 Å². The fourth-order valence-electron chi connectivity index (χ4n) is 6.92. The molecule has 7 rings (SSSR count). The Kier molecular flexibility index (Phi) is 10.5. The number of aromatic nitrogens is 2. The van der Waals surface area contributed by atoms with Crippen molar-refractivity contribution in [3.63, 3.8) is 0 Å². The standard InChI is InChI=1S/C44H44N4O3/c1-30-9-3-6-12-37(30)41-42(38-13-7-4-10-31(38)2)48(43(47-41)36-20-19-35-27-34-11-5-8-14-39(34)40(35)28-36)29-32-15-17-33(18-16-32)44(49)46-22-24-51-26-25-50-23-21-45/h3-20,28H,21-27,29,45H2,1-2H3,(H,46,49). The summed E-state index contributed by atoms with van der Waals surface area (Å²) in [5.74, 6) is 0.780. The Morgan fingerprint density at radius 2 is 1.37 bits per heavy atom. The van der Waals surface area contributed by atoms with Crippen molar-refractivity contribution in [2.75, 3.05) is 39.5 Å². The molecule has 0 fully saturated rings. The molecule has 0 saturated carbocycles. The lowest BCUT2D eigenvalue weighted by molar-refractivity contribution is 0.0511. The van der Waals surface area contributed by atoms with E-state index >= 15 is 0 Å². The average Bonchev–Trinajstić information content (AvgIpc) is 3.71.